The number of nitro benzene ring substituents is 1. The highest BCUT2D eigenvalue weighted by Gasteiger charge is 2.19. The van der Waals surface area contributed by atoms with Gasteiger partial charge in [-0.2, -0.15) is 0 Å². The van der Waals surface area contributed by atoms with Gasteiger partial charge >= 0.3 is 5.69 Å². The Morgan fingerprint density at radius 3 is 2.53 bits per heavy atom. The van der Waals surface area contributed by atoms with Crippen molar-refractivity contribution in [2.45, 2.75) is 26.4 Å². The van der Waals surface area contributed by atoms with E-state index in [1.165, 1.54) is 0 Å². The maximum Gasteiger partial charge on any atom is 0.312 e. The van der Waals surface area contributed by atoms with Gasteiger partial charge in [-0.15, -0.1) is 0 Å². The van der Waals surface area contributed by atoms with Crippen LogP contribution in [0.2, 0.25) is 5.02 Å². The van der Waals surface area contributed by atoms with Crippen LogP contribution in [0.1, 0.15) is 20.8 Å². The van der Waals surface area contributed by atoms with Crippen LogP contribution in [0.5, 0.6) is 5.75 Å². The van der Waals surface area contributed by atoms with Gasteiger partial charge in [0.05, 0.1) is 22.2 Å². The third-order valence-corrected chi connectivity index (χ3v) is 2.36. The van der Waals surface area contributed by atoms with Gasteiger partial charge in [-0.05, 0) is 20.8 Å². The molecule has 1 aromatic rings. The molecule has 7 heteroatoms. The molecule has 106 valence electrons. The van der Waals surface area contributed by atoms with E-state index in [1.54, 1.807) is 0 Å². The van der Waals surface area contributed by atoms with Gasteiger partial charge in [0.15, 0.2) is 5.75 Å². The van der Waals surface area contributed by atoms with Crippen molar-refractivity contribution in [1.29, 1.82) is 0 Å². The highest BCUT2D eigenvalue weighted by molar-refractivity contribution is 6.31. The van der Waals surface area contributed by atoms with Crippen molar-refractivity contribution in [3.63, 3.8) is 0 Å². The summed E-state index contributed by atoms with van der Waals surface area (Å²) in [6.45, 7) is 5.94. The number of benzene rings is 1. The van der Waals surface area contributed by atoms with Gasteiger partial charge < -0.3 is 9.47 Å². The molecule has 0 radical (unpaired) electrons. The van der Waals surface area contributed by atoms with E-state index >= 15 is 0 Å². The lowest BCUT2D eigenvalue weighted by atomic mass is 10.2. The van der Waals surface area contributed by atoms with Gasteiger partial charge in [0, 0.05) is 12.1 Å². The molecule has 0 unspecified atom stereocenters. The summed E-state index contributed by atoms with van der Waals surface area (Å²) in [6.07, 6.45) is 0. The molecule has 0 aliphatic carbocycles. The zero-order valence-corrected chi connectivity index (χ0v) is 11.7. The Kier molecular flexibility index (Phi) is 5.08. The zero-order chi connectivity index (χ0) is 14.6. The molecule has 0 amide bonds. The van der Waals surface area contributed by atoms with Gasteiger partial charge in [0.2, 0.25) is 0 Å². The number of rotatable bonds is 5. The highest BCUT2D eigenvalue weighted by Crippen LogP contribution is 2.32. The van der Waals surface area contributed by atoms with Gasteiger partial charge in [0.25, 0.3) is 0 Å². The number of nitrogens with zero attached hydrogens (tertiary/aromatic N) is 1. The Bertz CT molecular complexity index is 474. The second-order valence-electron chi connectivity index (χ2n) is 4.80. The quantitative estimate of drug-likeness (QED) is 0.472. The molecule has 0 atom stereocenters. The third-order valence-electron chi connectivity index (χ3n) is 2.07. The molecule has 1 rings (SSSR count). The fourth-order valence-corrected chi connectivity index (χ4v) is 1.43. The van der Waals surface area contributed by atoms with Crippen LogP contribution in [-0.4, -0.2) is 23.7 Å². The van der Waals surface area contributed by atoms with Crippen LogP contribution in [-0.2, 0) is 4.74 Å². The van der Waals surface area contributed by atoms with Crippen LogP contribution in [0, 0.1) is 15.9 Å². The number of ether oxygens (including phenoxy) is 2. The maximum absolute atomic E-state index is 13.3. The summed E-state index contributed by atoms with van der Waals surface area (Å²) in [7, 11) is 0. The Morgan fingerprint density at radius 1 is 1.37 bits per heavy atom. The van der Waals surface area contributed by atoms with E-state index in [1.807, 2.05) is 20.8 Å². The first-order valence-corrected chi connectivity index (χ1v) is 5.98. The maximum atomic E-state index is 13.3. The first kappa shape index (κ1) is 15.7. The normalized spacial score (nSPS) is 11.4. The molecule has 1 aromatic carbocycles. The molecular formula is C12H15ClFNO4. The van der Waals surface area contributed by atoms with Crippen molar-refractivity contribution in [3.05, 3.63) is 33.1 Å². The predicted molar refractivity (Wildman–Crippen MR) is 69.3 cm³/mol. The molecule has 0 aliphatic heterocycles. The zero-order valence-electron chi connectivity index (χ0n) is 10.9. The average molecular weight is 292 g/mol. The molecule has 0 spiro atoms. The van der Waals surface area contributed by atoms with E-state index in [0.717, 1.165) is 12.1 Å². The lowest BCUT2D eigenvalue weighted by Gasteiger charge is -2.19. The van der Waals surface area contributed by atoms with Gasteiger partial charge in [0.1, 0.15) is 12.4 Å². The van der Waals surface area contributed by atoms with Gasteiger partial charge in [-0.3, -0.25) is 10.1 Å². The Morgan fingerprint density at radius 2 is 2.00 bits per heavy atom. The summed E-state index contributed by atoms with van der Waals surface area (Å²) in [4.78, 5) is 10.1. The third kappa shape index (κ3) is 5.00. The van der Waals surface area contributed by atoms with Crippen molar-refractivity contribution in [2.24, 2.45) is 0 Å². The van der Waals surface area contributed by atoms with E-state index in [2.05, 4.69) is 0 Å². The molecule has 0 aromatic heterocycles. The van der Waals surface area contributed by atoms with Crippen molar-refractivity contribution in [3.8, 4) is 5.75 Å². The molecule has 5 nitrogen and oxygen atoms in total. The standard InChI is InChI=1S/C12H15ClFNO4/c1-12(2,3)19-5-4-18-11-7-9(14)8(13)6-10(11)15(16)17/h6-7H,4-5H2,1-3H3. The molecule has 0 fully saturated rings. The predicted octanol–water partition coefficient (Wildman–Crippen LogP) is 3.58. The molecule has 0 bridgehead atoms. The van der Waals surface area contributed by atoms with Crippen LogP contribution < -0.4 is 4.74 Å². The van der Waals surface area contributed by atoms with E-state index in [9.17, 15) is 14.5 Å². The molecule has 0 N–H and O–H groups in total. The first-order valence-electron chi connectivity index (χ1n) is 5.61. The topological polar surface area (TPSA) is 61.6 Å². The van der Waals surface area contributed by atoms with Crippen molar-refractivity contribution in [2.75, 3.05) is 13.2 Å². The smallest absolute Gasteiger partial charge is 0.312 e. The SMILES string of the molecule is CC(C)(C)OCCOc1cc(F)c(Cl)cc1[N+](=O)[O-]. The van der Waals surface area contributed by atoms with Crippen LogP contribution in [0.25, 0.3) is 0 Å². The van der Waals surface area contributed by atoms with Crippen LogP contribution >= 0.6 is 11.6 Å². The fraction of sp³-hybridized carbons (Fsp3) is 0.500. The molecule has 0 saturated heterocycles. The van der Waals surface area contributed by atoms with E-state index in [0.29, 0.717) is 0 Å². The summed E-state index contributed by atoms with van der Waals surface area (Å²) in [5.74, 6) is -0.927. The van der Waals surface area contributed by atoms with Gasteiger partial charge in [-0.25, -0.2) is 4.39 Å². The largest absolute Gasteiger partial charge is 0.484 e. The Balaban J connectivity index is 2.72. The van der Waals surface area contributed by atoms with E-state index in [-0.39, 0.29) is 35.3 Å². The minimum Gasteiger partial charge on any atom is -0.484 e. The molecule has 0 saturated carbocycles. The second-order valence-corrected chi connectivity index (χ2v) is 5.21. The number of halogens is 2. The monoisotopic (exact) mass is 291 g/mol. The average Bonchev–Trinajstić information content (AvgIpc) is 2.27. The van der Waals surface area contributed by atoms with Crippen LogP contribution in [0.4, 0.5) is 10.1 Å². The number of hydrogen-bond acceptors (Lipinski definition) is 4. The Hall–Kier alpha value is -1.40. The van der Waals surface area contributed by atoms with E-state index in [4.69, 9.17) is 21.1 Å². The summed E-state index contributed by atoms with van der Waals surface area (Å²) in [5, 5.41) is 10.5. The number of nitro groups is 1. The van der Waals surface area contributed by atoms with Crippen LogP contribution in [0.3, 0.4) is 0 Å². The Labute approximate surface area is 115 Å². The molecule has 0 aliphatic rings. The fourth-order valence-electron chi connectivity index (χ4n) is 1.28. The number of hydrogen-bond donors (Lipinski definition) is 0. The first-order chi connectivity index (χ1) is 8.70. The summed E-state index contributed by atoms with van der Waals surface area (Å²) in [6, 6.07) is 1.83. The van der Waals surface area contributed by atoms with Crippen molar-refractivity contribution in [1.82, 2.24) is 0 Å². The molecular weight excluding hydrogens is 277 g/mol. The molecule has 0 heterocycles. The van der Waals surface area contributed by atoms with Crippen LogP contribution in [0.15, 0.2) is 12.1 Å². The lowest BCUT2D eigenvalue weighted by molar-refractivity contribution is -0.385. The minimum atomic E-state index is -0.765. The highest BCUT2D eigenvalue weighted by atomic mass is 35.5. The lowest BCUT2D eigenvalue weighted by Crippen LogP contribution is -2.22. The summed E-state index contributed by atoms with van der Waals surface area (Å²) in [5.41, 5.74) is -0.706. The molecule has 19 heavy (non-hydrogen) atoms. The summed E-state index contributed by atoms with van der Waals surface area (Å²) >= 11 is 5.49. The summed E-state index contributed by atoms with van der Waals surface area (Å²) < 4.78 is 23.8. The minimum absolute atomic E-state index is 0.0825. The van der Waals surface area contributed by atoms with E-state index < -0.39 is 10.7 Å². The van der Waals surface area contributed by atoms with Crippen molar-refractivity contribution < 1.29 is 18.8 Å². The van der Waals surface area contributed by atoms with Gasteiger partial charge in [-0.1, -0.05) is 11.6 Å². The second kappa shape index (κ2) is 6.16. The van der Waals surface area contributed by atoms with Crippen molar-refractivity contribution >= 4 is 17.3 Å².